The van der Waals surface area contributed by atoms with Crippen LogP contribution < -0.4 is 5.32 Å². The summed E-state index contributed by atoms with van der Waals surface area (Å²) in [5.74, 6) is 0.371. The van der Waals surface area contributed by atoms with E-state index in [4.69, 9.17) is 23.2 Å². The fraction of sp³-hybridized carbons (Fsp3) is 0.391. The molecule has 0 aliphatic heterocycles. The molecule has 168 valence electrons. The number of benzene rings is 2. The number of hydrogen-bond donors (Lipinski definition) is 1. The van der Waals surface area contributed by atoms with Crippen LogP contribution in [0.15, 0.2) is 42.5 Å². The van der Waals surface area contributed by atoms with Gasteiger partial charge in [-0.2, -0.15) is 0 Å². The number of hydrogen-bond acceptors (Lipinski definition) is 3. The second kappa shape index (κ2) is 12.3. The third kappa shape index (κ3) is 8.36. The minimum Gasteiger partial charge on any atom is -0.354 e. The maximum absolute atomic E-state index is 13.1. The summed E-state index contributed by atoms with van der Waals surface area (Å²) in [7, 11) is 0. The summed E-state index contributed by atoms with van der Waals surface area (Å²) >= 11 is 13.7. The summed E-state index contributed by atoms with van der Waals surface area (Å²) in [5, 5.41) is 3.83. The van der Waals surface area contributed by atoms with E-state index in [1.54, 1.807) is 37.3 Å². The molecule has 1 N–H and O–H groups in total. The molecule has 0 unspecified atom stereocenters. The molecule has 8 heteroatoms. The highest BCUT2D eigenvalue weighted by Crippen LogP contribution is 2.24. The summed E-state index contributed by atoms with van der Waals surface area (Å²) in [4.78, 5) is 27.2. The Hall–Kier alpha value is -1.76. The van der Waals surface area contributed by atoms with Gasteiger partial charge in [-0.3, -0.25) is 9.59 Å². The largest absolute Gasteiger partial charge is 0.354 e. The number of rotatable bonds is 10. The molecule has 0 saturated carbocycles. The number of nitrogens with one attached hydrogen (secondary N) is 1. The fourth-order valence-corrected chi connectivity index (χ4v) is 4.13. The van der Waals surface area contributed by atoms with Crippen molar-refractivity contribution in [3.63, 3.8) is 0 Å². The van der Waals surface area contributed by atoms with E-state index >= 15 is 0 Å². The van der Waals surface area contributed by atoms with Gasteiger partial charge in [-0.15, -0.1) is 11.8 Å². The van der Waals surface area contributed by atoms with Crippen molar-refractivity contribution in [1.29, 1.82) is 0 Å². The maximum Gasteiger partial charge on any atom is 0.242 e. The van der Waals surface area contributed by atoms with Gasteiger partial charge >= 0.3 is 0 Å². The van der Waals surface area contributed by atoms with Crippen molar-refractivity contribution in [3.05, 3.63) is 69.5 Å². The molecule has 0 bridgehead atoms. The first-order chi connectivity index (χ1) is 14.7. The topological polar surface area (TPSA) is 49.4 Å². The number of carbonyl (C=O) groups excluding carboxylic acids is 2. The summed E-state index contributed by atoms with van der Waals surface area (Å²) < 4.78 is 13.1. The van der Waals surface area contributed by atoms with Crippen LogP contribution in [0.3, 0.4) is 0 Å². The van der Waals surface area contributed by atoms with E-state index < -0.39 is 6.04 Å². The Morgan fingerprint density at radius 1 is 1.10 bits per heavy atom. The van der Waals surface area contributed by atoms with E-state index in [9.17, 15) is 14.0 Å². The zero-order valence-corrected chi connectivity index (χ0v) is 20.2. The van der Waals surface area contributed by atoms with Gasteiger partial charge in [0.15, 0.2) is 0 Å². The molecule has 0 fully saturated rings. The van der Waals surface area contributed by atoms with E-state index in [1.807, 2.05) is 13.8 Å². The zero-order valence-electron chi connectivity index (χ0n) is 17.8. The monoisotopic (exact) mass is 484 g/mol. The van der Waals surface area contributed by atoms with Crippen LogP contribution in [0.25, 0.3) is 0 Å². The molecule has 0 aliphatic carbocycles. The quantitative estimate of drug-likeness (QED) is 0.480. The minimum absolute atomic E-state index is 0.176. The Morgan fingerprint density at radius 3 is 2.39 bits per heavy atom. The minimum atomic E-state index is -0.663. The Balaban J connectivity index is 2.09. The van der Waals surface area contributed by atoms with Crippen LogP contribution in [-0.4, -0.2) is 35.1 Å². The number of halogens is 3. The van der Waals surface area contributed by atoms with Gasteiger partial charge in [0, 0.05) is 28.9 Å². The van der Waals surface area contributed by atoms with Gasteiger partial charge in [0.1, 0.15) is 11.9 Å². The lowest BCUT2D eigenvalue weighted by atomic mass is 10.1. The van der Waals surface area contributed by atoms with Crippen LogP contribution in [0.1, 0.15) is 31.9 Å². The van der Waals surface area contributed by atoms with Crippen molar-refractivity contribution in [3.8, 4) is 0 Å². The SMILES string of the molecule is CC(C)CNC(=O)[C@@H](C)N(Cc1ccc(Cl)cc1Cl)C(=O)CSCc1ccc(F)cc1. The van der Waals surface area contributed by atoms with Gasteiger partial charge in [0.2, 0.25) is 11.8 Å². The van der Waals surface area contributed by atoms with E-state index in [-0.39, 0.29) is 29.9 Å². The molecule has 2 aromatic rings. The van der Waals surface area contributed by atoms with Crippen LogP contribution in [-0.2, 0) is 21.9 Å². The lowest BCUT2D eigenvalue weighted by Gasteiger charge is -2.29. The summed E-state index contributed by atoms with van der Waals surface area (Å²) in [6, 6.07) is 10.6. The van der Waals surface area contributed by atoms with E-state index in [2.05, 4.69) is 5.32 Å². The van der Waals surface area contributed by atoms with Crippen LogP contribution in [0.4, 0.5) is 4.39 Å². The van der Waals surface area contributed by atoms with Gasteiger partial charge in [0.05, 0.1) is 5.75 Å². The third-order valence-corrected chi connectivity index (χ3v) is 6.19. The first-order valence-corrected chi connectivity index (χ1v) is 11.9. The van der Waals surface area contributed by atoms with Crippen molar-refractivity contribution in [2.75, 3.05) is 12.3 Å². The molecule has 0 spiro atoms. The lowest BCUT2D eigenvalue weighted by Crippen LogP contribution is -2.48. The highest BCUT2D eigenvalue weighted by Gasteiger charge is 2.26. The number of thioether (sulfide) groups is 1. The maximum atomic E-state index is 13.1. The van der Waals surface area contributed by atoms with Crippen molar-refractivity contribution >= 4 is 46.8 Å². The molecule has 2 amide bonds. The van der Waals surface area contributed by atoms with Gasteiger partial charge in [-0.05, 0) is 48.2 Å². The Labute approximate surface area is 197 Å². The molecule has 2 rings (SSSR count). The van der Waals surface area contributed by atoms with Crippen LogP contribution in [0.5, 0.6) is 0 Å². The van der Waals surface area contributed by atoms with Gasteiger partial charge < -0.3 is 10.2 Å². The Kier molecular flexibility index (Phi) is 10.1. The van der Waals surface area contributed by atoms with E-state index in [1.165, 1.54) is 28.8 Å². The fourth-order valence-electron chi connectivity index (χ4n) is 2.79. The Bertz CT molecular complexity index is 894. The molecule has 1 atom stereocenters. The standard InChI is InChI=1S/C23H27Cl2FN2O2S/c1-15(2)11-27-23(30)16(3)28(12-18-6-7-19(24)10-21(18)25)22(29)14-31-13-17-4-8-20(26)9-5-17/h4-10,15-16H,11-14H2,1-3H3,(H,27,30)/t16-/m1/s1. The predicted molar refractivity (Wildman–Crippen MR) is 127 cm³/mol. The molecular weight excluding hydrogens is 458 g/mol. The normalized spacial score (nSPS) is 12.0. The highest BCUT2D eigenvalue weighted by atomic mass is 35.5. The highest BCUT2D eigenvalue weighted by molar-refractivity contribution is 7.99. The predicted octanol–water partition coefficient (Wildman–Crippen LogP) is 5.56. The average Bonchev–Trinajstić information content (AvgIpc) is 2.72. The average molecular weight is 485 g/mol. The van der Waals surface area contributed by atoms with Crippen molar-refractivity contribution < 1.29 is 14.0 Å². The van der Waals surface area contributed by atoms with Gasteiger partial charge in [-0.1, -0.05) is 55.2 Å². The zero-order chi connectivity index (χ0) is 23.0. The molecule has 31 heavy (non-hydrogen) atoms. The smallest absolute Gasteiger partial charge is 0.242 e. The van der Waals surface area contributed by atoms with E-state index in [0.29, 0.717) is 33.8 Å². The first kappa shape index (κ1) is 25.5. The van der Waals surface area contributed by atoms with Crippen LogP contribution in [0.2, 0.25) is 10.0 Å². The molecule has 0 radical (unpaired) electrons. The molecule has 0 saturated heterocycles. The van der Waals surface area contributed by atoms with Crippen LogP contribution in [0, 0.1) is 11.7 Å². The van der Waals surface area contributed by atoms with Crippen molar-refractivity contribution in [1.82, 2.24) is 10.2 Å². The first-order valence-electron chi connectivity index (χ1n) is 10.0. The Morgan fingerprint density at radius 2 is 1.77 bits per heavy atom. The molecule has 4 nitrogen and oxygen atoms in total. The number of nitrogens with zero attached hydrogens (tertiary/aromatic N) is 1. The lowest BCUT2D eigenvalue weighted by molar-refractivity contribution is -0.138. The summed E-state index contributed by atoms with van der Waals surface area (Å²) in [5.41, 5.74) is 1.64. The van der Waals surface area contributed by atoms with Crippen molar-refractivity contribution in [2.45, 2.75) is 39.1 Å². The molecule has 0 aliphatic rings. The molecular formula is C23H27Cl2FN2O2S. The molecule has 0 aromatic heterocycles. The number of amides is 2. The molecule has 0 heterocycles. The summed E-state index contributed by atoms with van der Waals surface area (Å²) in [6.45, 7) is 6.46. The van der Waals surface area contributed by atoms with Gasteiger partial charge in [-0.25, -0.2) is 4.39 Å². The number of carbonyl (C=O) groups is 2. The second-order valence-corrected chi connectivity index (χ2v) is 9.52. The molecule has 2 aromatic carbocycles. The van der Waals surface area contributed by atoms with E-state index in [0.717, 1.165) is 5.56 Å². The van der Waals surface area contributed by atoms with Crippen LogP contribution >= 0.6 is 35.0 Å². The third-order valence-electron chi connectivity index (χ3n) is 4.62. The second-order valence-electron chi connectivity index (χ2n) is 7.69. The van der Waals surface area contributed by atoms with Crippen molar-refractivity contribution in [2.24, 2.45) is 5.92 Å². The summed E-state index contributed by atoms with van der Waals surface area (Å²) in [6.07, 6.45) is 0. The van der Waals surface area contributed by atoms with Gasteiger partial charge in [0.25, 0.3) is 0 Å².